The van der Waals surface area contributed by atoms with Gasteiger partial charge in [0.2, 0.25) is 0 Å². The smallest absolute Gasteiger partial charge is 0.276 e. The minimum absolute atomic E-state index is 0. The van der Waals surface area contributed by atoms with E-state index in [0.717, 1.165) is 38.7 Å². The molecule has 5 rings (SSSR count). The van der Waals surface area contributed by atoms with E-state index in [9.17, 15) is 4.79 Å². The Bertz CT molecular complexity index is 1390. The van der Waals surface area contributed by atoms with Gasteiger partial charge in [-0.25, -0.2) is 0 Å². The number of carbonyl (C=O) groups is 1. The number of rotatable bonds is 4. The molecule has 0 saturated heterocycles. The maximum absolute atomic E-state index is 12.8. The van der Waals surface area contributed by atoms with E-state index in [1.807, 2.05) is 42.7 Å². The van der Waals surface area contributed by atoms with E-state index in [4.69, 9.17) is 0 Å². The van der Waals surface area contributed by atoms with Crippen LogP contribution in [0, 0.1) is 6.92 Å². The Morgan fingerprint density at radius 1 is 0.818 bits per heavy atom. The molecule has 0 bridgehead atoms. The van der Waals surface area contributed by atoms with Gasteiger partial charge in [-0.2, -0.15) is 5.10 Å². The molecular weight excluding hydrogens is 459 g/mol. The van der Waals surface area contributed by atoms with Crippen molar-refractivity contribution >= 4 is 47.3 Å². The highest BCUT2D eigenvalue weighted by atomic mass is 35.5. The van der Waals surface area contributed by atoms with Crippen LogP contribution in [-0.4, -0.2) is 31.1 Å². The molecular formula is C24H20Cl2N6O. The number of H-pyrrole nitrogens is 1. The van der Waals surface area contributed by atoms with Crippen LogP contribution in [0.3, 0.4) is 0 Å². The van der Waals surface area contributed by atoms with Gasteiger partial charge in [0, 0.05) is 59.4 Å². The molecule has 0 saturated carbocycles. The number of carbonyl (C=O) groups excluding carboxylic acids is 1. The lowest BCUT2D eigenvalue weighted by atomic mass is 9.95. The van der Waals surface area contributed by atoms with Gasteiger partial charge in [-0.05, 0) is 60.0 Å². The normalized spacial score (nSPS) is 10.2. The molecule has 0 aliphatic carbocycles. The first-order valence-electron chi connectivity index (χ1n) is 9.75. The molecule has 1 aromatic carbocycles. The van der Waals surface area contributed by atoms with E-state index < -0.39 is 0 Å². The molecule has 9 heteroatoms. The molecule has 7 nitrogen and oxygen atoms in total. The first kappa shape index (κ1) is 23.8. The summed E-state index contributed by atoms with van der Waals surface area (Å²) in [5, 5.41) is 10.8. The predicted molar refractivity (Wildman–Crippen MR) is 134 cm³/mol. The highest BCUT2D eigenvalue weighted by molar-refractivity contribution is 6.11. The number of aromatic amines is 1. The molecule has 0 radical (unpaired) electrons. The van der Waals surface area contributed by atoms with Crippen LogP contribution in [0.25, 0.3) is 33.2 Å². The summed E-state index contributed by atoms with van der Waals surface area (Å²) in [7, 11) is 0. The van der Waals surface area contributed by atoms with Crippen molar-refractivity contribution in [3.05, 3.63) is 90.9 Å². The maximum Gasteiger partial charge on any atom is 0.276 e. The van der Waals surface area contributed by atoms with E-state index in [-0.39, 0.29) is 30.7 Å². The molecule has 0 aliphatic rings. The number of nitrogens with one attached hydrogen (secondary N) is 2. The molecule has 0 unspecified atom stereocenters. The zero-order valence-corrected chi connectivity index (χ0v) is 19.2. The molecule has 0 aliphatic heterocycles. The lowest BCUT2D eigenvalue weighted by Gasteiger charge is -2.11. The molecule has 0 atom stereocenters. The Hall–Kier alpha value is -3.81. The van der Waals surface area contributed by atoms with Crippen LogP contribution in [0.15, 0.2) is 79.6 Å². The number of nitrogens with zero attached hydrogens (tertiary/aromatic N) is 4. The van der Waals surface area contributed by atoms with E-state index in [2.05, 4.69) is 37.4 Å². The minimum atomic E-state index is -0.282. The number of anilines is 1. The van der Waals surface area contributed by atoms with Crippen molar-refractivity contribution in [2.75, 3.05) is 5.32 Å². The van der Waals surface area contributed by atoms with Gasteiger partial charge in [0.05, 0.1) is 5.52 Å². The van der Waals surface area contributed by atoms with Crippen molar-refractivity contribution in [2.24, 2.45) is 0 Å². The van der Waals surface area contributed by atoms with E-state index in [1.165, 1.54) is 0 Å². The van der Waals surface area contributed by atoms with Gasteiger partial charge in [0.1, 0.15) is 0 Å². The largest absolute Gasteiger partial charge is 0.320 e. The molecule has 166 valence electrons. The highest BCUT2D eigenvalue weighted by Gasteiger charge is 2.16. The lowest BCUT2D eigenvalue weighted by Crippen LogP contribution is -2.12. The maximum atomic E-state index is 12.8. The number of aromatic nitrogens is 5. The van der Waals surface area contributed by atoms with Gasteiger partial charge in [0.25, 0.3) is 5.91 Å². The number of hydrogen-bond acceptors (Lipinski definition) is 5. The van der Waals surface area contributed by atoms with Crippen LogP contribution >= 0.6 is 24.8 Å². The third kappa shape index (κ3) is 4.69. The molecule has 1 amide bonds. The SMILES string of the molecule is Cc1c(-c2ccncc2)cncc1-c1ccc2[nH]nc(C(=O)Nc3ccncc3)c2c1.Cl.Cl. The molecule has 2 N–H and O–H groups in total. The van der Waals surface area contributed by atoms with Gasteiger partial charge in [-0.15, -0.1) is 24.8 Å². The summed E-state index contributed by atoms with van der Waals surface area (Å²) in [5.74, 6) is -0.282. The number of amides is 1. The fourth-order valence-corrected chi connectivity index (χ4v) is 3.62. The average molecular weight is 479 g/mol. The van der Waals surface area contributed by atoms with Gasteiger partial charge in [-0.1, -0.05) is 6.07 Å². The van der Waals surface area contributed by atoms with Gasteiger partial charge < -0.3 is 5.32 Å². The van der Waals surface area contributed by atoms with Crippen molar-refractivity contribution < 1.29 is 4.79 Å². The van der Waals surface area contributed by atoms with Crippen LogP contribution in [0.2, 0.25) is 0 Å². The number of fused-ring (bicyclic) bond motifs is 1. The summed E-state index contributed by atoms with van der Waals surface area (Å²) in [6, 6.07) is 13.3. The number of hydrogen-bond donors (Lipinski definition) is 2. The first-order chi connectivity index (χ1) is 15.2. The van der Waals surface area contributed by atoms with Gasteiger partial charge in [-0.3, -0.25) is 24.8 Å². The standard InChI is InChI=1S/C24H18N6O.2ClH/c1-15-20(16-4-8-25-9-5-16)13-27-14-21(15)17-2-3-22-19(12-17)23(30-29-22)24(31)28-18-6-10-26-11-7-18;;/h2-14H,1H3,(H,29,30)(H,26,28,31);2*1H. The average Bonchev–Trinajstić information content (AvgIpc) is 3.24. The summed E-state index contributed by atoms with van der Waals surface area (Å²) >= 11 is 0. The van der Waals surface area contributed by atoms with Crippen molar-refractivity contribution in [3.63, 3.8) is 0 Å². The first-order valence-corrected chi connectivity index (χ1v) is 9.75. The number of halogens is 2. The fourth-order valence-electron chi connectivity index (χ4n) is 3.62. The highest BCUT2D eigenvalue weighted by Crippen LogP contribution is 2.32. The van der Waals surface area contributed by atoms with Gasteiger partial charge >= 0.3 is 0 Å². The molecule has 33 heavy (non-hydrogen) atoms. The third-order valence-corrected chi connectivity index (χ3v) is 5.23. The van der Waals surface area contributed by atoms with Crippen molar-refractivity contribution in [2.45, 2.75) is 6.92 Å². The van der Waals surface area contributed by atoms with Crippen molar-refractivity contribution in [1.82, 2.24) is 25.1 Å². The van der Waals surface area contributed by atoms with Crippen molar-refractivity contribution in [1.29, 1.82) is 0 Å². The Morgan fingerprint density at radius 3 is 2.15 bits per heavy atom. The molecule has 0 spiro atoms. The Kier molecular flexibility index (Phi) is 7.37. The zero-order chi connectivity index (χ0) is 21.2. The third-order valence-electron chi connectivity index (χ3n) is 5.23. The topological polar surface area (TPSA) is 96.5 Å². The molecule has 0 fully saturated rings. The molecule has 4 heterocycles. The second-order valence-corrected chi connectivity index (χ2v) is 7.12. The number of benzene rings is 1. The zero-order valence-electron chi connectivity index (χ0n) is 17.5. The summed E-state index contributed by atoms with van der Waals surface area (Å²) in [6.45, 7) is 2.07. The summed E-state index contributed by atoms with van der Waals surface area (Å²) < 4.78 is 0. The summed E-state index contributed by atoms with van der Waals surface area (Å²) in [6.07, 6.45) is 10.5. The van der Waals surface area contributed by atoms with Gasteiger partial charge in [0.15, 0.2) is 5.69 Å². The molecule has 5 aromatic rings. The minimum Gasteiger partial charge on any atom is -0.320 e. The lowest BCUT2D eigenvalue weighted by molar-refractivity contribution is 0.102. The quantitative estimate of drug-likeness (QED) is 0.356. The van der Waals surface area contributed by atoms with Crippen LogP contribution in [0.5, 0.6) is 0 Å². The van der Waals surface area contributed by atoms with Crippen LogP contribution in [0.4, 0.5) is 5.69 Å². The summed E-state index contributed by atoms with van der Waals surface area (Å²) in [5.41, 5.74) is 6.96. The fraction of sp³-hybridized carbons (Fsp3) is 0.0417. The second kappa shape index (κ2) is 10.2. The van der Waals surface area contributed by atoms with Crippen LogP contribution in [0.1, 0.15) is 16.1 Å². The summed E-state index contributed by atoms with van der Waals surface area (Å²) in [4.78, 5) is 25.3. The van der Waals surface area contributed by atoms with Crippen LogP contribution < -0.4 is 5.32 Å². The number of pyridine rings is 3. The van der Waals surface area contributed by atoms with E-state index in [0.29, 0.717) is 11.4 Å². The monoisotopic (exact) mass is 478 g/mol. The van der Waals surface area contributed by atoms with E-state index >= 15 is 0 Å². The predicted octanol–water partition coefficient (Wildman–Crippen LogP) is 5.49. The van der Waals surface area contributed by atoms with Crippen molar-refractivity contribution in [3.8, 4) is 22.3 Å². The Balaban J connectivity index is 0.00000153. The Morgan fingerprint density at radius 2 is 1.45 bits per heavy atom. The molecule has 4 aromatic heterocycles. The van der Waals surface area contributed by atoms with E-state index in [1.54, 1.807) is 36.9 Å². The second-order valence-electron chi connectivity index (χ2n) is 7.12. The Labute approximate surface area is 202 Å². The van der Waals surface area contributed by atoms with Crippen LogP contribution in [-0.2, 0) is 0 Å².